The topological polar surface area (TPSA) is 463 Å². The molecular formula is C63H84N12O16S. The number of primary amides is 1. The Balaban J connectivity index is 1.40. The van der Waals surface area contributed by atoms with Crippen LogP contribution in [-0.4, -0.2) is 170 Å². The number of likely N-dealkylation sites (tertiary alicyclic amines) is 1. The van der Waals surface area contributed by atoms with Crippen LogP contribution < -0.4 is 59.7 Å². The maximum Gasteiger partial charge on any atom is 0.326 e. The summed E-state index contributed by atoms with van der Waals surface area (Å²) in [4.78, 5) is 167. The second-order valence-corrected chi connectivity index (χ2v) is 24.4. The maximum atomic E-state index is 15.0. The summed E-state index contributed by atoms with van der Waals surface area (Å²) in [6.07, 6.45) is -1.91. The van der Waals surface area contributed by atoms with E-state index in [9.17, 15) is 73.2 Å². The summed E-state index contributed by atoms with van der Waals surface area (Å²) in [5.74, 6) is -13.0. The Bertz CT molecular complexity index is 3190. The van der Waals surface area contributed by atoms with Crippen LogP contribution in [-0.2, 0) is 83.2 Å². The van der Waals surface area contributed by atoms with Crippen molar-refractivity contribution in [1.82, 2.24) is 47.4 Å². The summed E-state index contributed by atoms with van der Waals surface area (Å²) >= 11 is 1.25. The first kappa shape index (κ1) is 73.3. The fourth-order valence-corrected chi connectivity index (χ4v) is 10.8. The molecule has 1 aliphatic rings. The number of benzene rings is 3. The molecule has 4 aromatic rings. The normalized spacial score (nSPS) is 15.8. The van der Waals surface area contributed by atoms with E-state index in [2.05, 4.69) is 42.5 Å². The van der Waals surface area contributed by atoms with Gasteiger partial charge in [0.2, 0.25) is 59.1 Å². The highest BCUT2D eigenvalue weighted by Crippen LogP contribution is 2.23. The number of phenols is 2. The largest absolute Gasteiger partial charge is 0.508 e. The van der Waals surface area contributed by atoms with E-state index in [0.29, 0.717) is 34.4 Å². The van der Waals surface area contributed by atoms with E-state index >= 15 is 4.79 Å². The first-order valence-electron chi connectivity index (χ1n) is 30.2. The number of amides is 10. The number of thiophene rings is 1. The molecule has 1 saturated heterocycles. The molecule has 498 valence electrons. The Kier molecular flexibility index (Phi) is 28.5. The van der Waals surface area contributed by atoms with Crippen LogP contribution in [0.1, 0.15) is 94.2 Å². The highest BCUT2D eigenvalue weighted by atomic mass is 32.1. The molecule has 1 aromatic heterocycles. The second-order valence-electron chi connectivity index (χ2n) is 23.3. The lowest BCUT2D eigenvalue weighted by atomic mass is 9.99. The van der Waals surface area contributed by atoms with Crippen LogP contribution in [0.25, 0.3) is 0 Å². The van der Waals surface area contributed by atoms with E-state index in [1.165, 1.54) is 52.6 Å². The average molecular weight is 1300 g/mol. The summed E-state index contributed by atoms with van der Waals surface area (Å²) in [5.41, 5.74) is 18.7. The van der Waals surface area contributed by atoms with Gasteiger partial charge in [-0.15, -0.1) is 11.3 Å². The fourth-order valence-electron chi connectivity index (χ4n) is 10.1. The first-order chi connectivity index (χ1) is 43.6. The van der Waals surface area contributed by atoms with Crippen LogP contribution in [0.3, 0.4) is 0 Å². The summed E-state index contributed by atoms with van der Waals surface area (Å²) in [6.45, 7) is 7.37. The third-order valence-corrected chi connectivity index (χ3v) is 16.0. The second kappa shape index (κ2) is 35.8. The number of rotatable bonds is 36. The van der Waals surface area contributed by atoms with Crippen molar-refractivity contribution in [2.75, 3.05) is 13.1 Å². The van der Waals surface area contributed by atoms with Gasteiger partial charge in [0, 0.05) is 37.1 Å². The van der Waals surface area contributed by atoms with Gasteiger partial charge in [-0.25, -0.2) is 4.79 Å². The van der Waals surface area contributed by atoms with Gasteiger partial charge < -0.3 is 85.1 Å². The van der Waals surface area contributed by atoms with Crippen molar-refractivity contribution in [2.24, 2.45) is 29.0 Å². The number of aromatic hydroxyl groups is 2. The van der Waals surface area contributed by atoms with Crippen molar-refractivity contribution in [3.63, 3.8) is 0 Å². The van der Waals surface area contributed by atoms with Gasteiger partial charge in [0.25, 0.3) is 0 Å². The lowest BCUT2D eigenvalue weighted by Gasteiger charge is -2.31. The standard InChI is InChI=1S/C63H84N12O16S/c1-34(2)27-43(68-54(81)42(14-8-24-64)67-61(88)53(66)35(3)4)55(82)73-48(29-37-16-20-39(76)21-17-37)62(89)75-25-9-15-50(75)60(87)72-45(31-41-13-10-26-92-41)57(84)69-44(28-36-11-6-5-7-12-36)56(83)70-46(32-51(65)78)58(85)71-47(33-52(79)80)59(86)74-49(63(90)91)30-38-18-22-40(77)23-19-38/h5-7,10-13,16-23,26,34-35,42-50,53,76-77H,8-9,14-15,24-25,27-33,64,66H2,1-4H3,(H2,65,78)(H,67,88)(H,68,81)(H,69,84)(H,70,83)(H,71,85)(H,72,87)(H,73,82)(H,74,86)(H,79,80)(H,90,91)/t42-,43-,44-,45-,46-,47-,48-,49-,50-,53-/m0/s1. The Morgan fingerprint density at radius 2 is 1.01 bits per heavy atom. The van der Waals surface area contributed by atoms with Crippen molar-refractivity contribution in [3.05, 3.63) is 118 Å². The molecule has 2 heterocycles. The highest BCUT2D eigenvalue weighted by molar-refractivity contribution is 7.09. The number of aliphatic carboxylic acids is 2. The van der Waals surface area contributed by atoms with Gasteiger partial charge in [-0.05, 0) is 103 Å². The van der Waals surface area contributed by atoms with Gasteiger partial charge in [-0.3, -0.25) is 52.7 Å². The van der Waals surface area contributed by atoms with Crippen molar-refractivity contribution in [2.45, 2.75) is 159 Å². The number of carbonyl (C=O) groups excluding carboxylic acids is 10. The van der Waals surface area contributed by atoms with Gasteiger partial charge in [0.05, 0.1) is 18.9 Å². The molecule has 10 atom stereocenters. The number of nitrogens with zero attached hydrogens (tertiary/aromatic N) is 1. The Morgan fingerprint density at radius 1 is 0.543 bits per heavy atom. The number of carboxylic acid groups (broad SMARTS) is 2. The number of hydrogen-bond donors (Lipinski definition) is 15. The molecule has 0 saturated carbocycles. The first-order valence-corrected chi connectivity index (χ1v) is 31.0. The molecule has 0 bridgehead atoms. The van der Waals surface area contributed by atoms with Gasteiger partial charge in [-0.1, -0.05) is 88.4 Å². The van der Waals surface area contributed by atoms with E-state index in [0.717, 1.165) is 0 Å². The minimum Gasteiger partial charge on any atom is -0.508 e. The number of hydrogen-bond acceptors (Lipinski definition) is 17. The number of nitrogens with two attached hydrogens (primary N) is 3. The Morgan fingerprint density at radius 3 is 1.53 bits per heavy atom. The van der Waals surface area contributed by atoms with Crippen molar-refractivity contribution in [3.8, 4) is 11.5 Å². The predicted molar refractivity (Wildman–Crippen MR) is 336 cm³/mol. The number of carbonyl (C=O) groups is 12. The molecule has 1 fully saturated rings. The molecule has 3 aromatic carbocycles. The molecule has 1 aliphatic heterocycles. The number of nitrogens with one attached hydrogen (secondary N) is 8. The average Bonchev–Trinajstić information content (AvgIpc) is 1.77. The van der Waals surface area contributed by atoms with Crippen molar-refractivity contribution >= 4 is 82.3 Å². The molecular weight excluding hydrogens is 1210 g/mol. The molecule has 0 unspecified atom stereocenters. The van der Waals surface area contributed by atoms with Crippen LogP contribution in [0.15, 0.2) is 96.4 Å². The third-order valence-electron chi connectivity index (χ3n) is 15.1. The van der Waals surface area contributed by atoms with Crippen LogP contribution in [0.4, 0.5) is 0 Å². The number of phenolic OH excluding ortho intramolecular Hbond substituents is 2. The zero-order chi connectivity index (χ0) is 67.8. The predicted octanol–water partition coefficient (Wildman–Crippen LogP) is -0.498. The molecule has 0 spiro atoms. The van der Waals surface area contributed by atoms with E-state index in [-0.39, 0.29) is 81.4 Å². The molecule has 29 heteroatoms. The molecule has 28 nitrogen and oxygen atoms in total. The van der Waals surface area contributed by atoms with Gasteiger partial charge >= 0.3 is 11.9 Å². The van der Waals surface area contributed by atoms with Crippen molar-refractivity contribution in [1.29, 1.82) is 0 Å². The van der Waals surface area contributed by atoms with Crippen LogP contribution in [0.2, 0.25) is 0 Å². The van der Waals surface area contributed by atoms with Crippen LogP contribution in [0.5, 0.6) is 11.5 Å². The molecule has 5 rings (SSSR count). The van der Waals surface area contributed by atoms with E-state index < -0.39 is 144 Å². The highest BCUT2D eigenvalue weighted by Gasteiger charge is 2.41. The lowest BCUT2D eigenvalue weighted by molar-refractivity contribution is -0.144. The SMILES string of the molecule is CC(C)C[C@H](NC(=O)[C@H](CCCN)NC(=O)[C@@H](N)C(C)C)C(=O)N[C@@H](Cc1ccc(O)cc1)C(=O)N1CCC[C@H]1C(=O)N[C@@H](Cc1cccs1)C(=O)N[C@@H](Cc1ccccc1)C(=O)N[C@@H](CC(N)=O)C(=O)N[C@@H](CC(=O)O)C(=O)N[C@@H](Cc1ccc(O)cc1)C(=O)O. The van der Waals surface area contributed by atoms with Crippen LogP contribution in [0, 0.1) is 11.8 Å². The van der Waals surface area contributed by atoms with Gasteiger partial charge in [0.15, 0.2) is 0 Å². The zero-order valence-electron chi connectivity index (χ0n) is 51.6. The van der Waals surface area contributed by atoms with E-state index in [4.69, 9.17) is 17.2 Å². The van der Waals surface area contributed by atoms with Gasteiger partial charge in [0.1, 0.15) is 65.9 Å². The summed E-state index contributed by atoms with van der Waals surface area (Å²) in [6, 6.07) is 8.38. The molecule has 92 heavy (non-hydrogen) atoms. The van der Waals surface area contributed by atoms with Crippen LogP contribution >= 0.6 is 11.3 Å². The Hall–Kier alpha value is -9.48. The molecule has 18 N–H and O–H groups in total. The number of carboxylic acids is 2. The minimum absolute atomic E-state index is 0.0266. The van der Waals surface area contributed by atoms with Gasteiger partial charge in [-0.2, -0.15) is 0 Å². The molecule has 10 amide bonds. The monoisotopic (exact) mass is 1300 g/mol. The lowest BCUT2D eigenvalue weighted by Crippen LogP contribution is -2.61. The van der Waals surface area contributed by atoms with Crippen molar-refractivity contribution < 1.29 is 78.0 Å². The zero-order valence-corrected chi connectivity index (χ0v) is 52.5. The fraction of sp³-hybridized carbons (Fsp3) is 0.460. The minimum atomic E-state index is -1.98. The summed E-state index contributed by atoms with van der Waals surface area (Å²) < 4.78 is 0. The smallest absolute Gasteiger partial charge is 0.326 e. The molecule has 0 aliphatic carbocycles. The van der Waals surface area contributed by atoms with E-state index in [1.807, 2.05) is 13.8 Å². The maximum absolute atomic E-state index is 15.0. The quantitative estimate of drug-likeness (QED) is 0.0273. The Labute approximate surface area is 535 Å². The summed E-state index contributed by atoms with van der Waals surface area (Å²) in [7, 11) is 0. The summed E-state index contributed by atoms with van der Waals surface area (Å²) in [5, 5.41) is 61.6. The third kappa shape index (κ3) is 23.4. The molecule has 0 radical (unpaired) electrons. The van der Waals surface area contributed by atoms with E-state index in [1.54, 1.807) is 73.8 Å².